The first-order chi connectivity index (χ1) is 13.9. The largest absolute Gasteiger partial charge is 0.494 e. The maximum atomic E-state index is 12.8. The van der Waals surface area contributed by atoms with E-state index in [4.69, 9.17) is 4.74 Å². The van der Waals surface area contributed by atoms with Crippen LogP contribution in [0.1, 0.15) is 39.2 Å². The van der Waals surface area contributed by atoms with Crippen molar-refractivity contribution in [3.8, 4) is 5.75 Å². The van der Waals surface area contributed by atoms with Gasteiger partial charge in [0.2, 0.25) is 11.8 Å². The zero-order valence-corrected chi connectivity index (χ0v) is 20.3. The van der Waals surface area contributed by atoms with Crippen LogP contribution in [0.25, 0.3) is 0 Å². The number of hydrogen-bond acceptors (Lipinski definition) is 5. The van der Waals surface area contributed by atoms with E-state index in [0.717, 1.165) is 35.7 Å². The molecular weight excluding hydrogens is 501 g/mol. The molecule has 8 heteroatoms. The summed E-state index contributed by atoms with van der Waals surface area (Å²) in [6, 6.07) is 6.95. The van der Waals surface area contributed by atoms with Gasteiger partial charge >= 0.3 is 0 Å². The Morgan fingerprint density at radius 3 is 2.52 bits per heavy atom. The molecule has 0 aromatic heterocycles. The van der Waals surface area contributed by atoms with Gasteiger partial charge in [0.1, 0.15) is 11.8 Å². The first kappa shape index (κ1) is 24.3. The van der Waals surface area contributed by atoms with Crippen molar-refractivity contribution in [2.75, 3.05) is 18.1 Å². The molecule has 162 valence electrons. The van der Waals surface area contributed by atoms with Crippen LogP contribution < -0.4 is 18.9 Å². The van der Waals surface area contributed by atoms with Crippen molar-refractivity contribution in [2.45, 2.75) is 58.2 Å². The molecule has 0 saturated carbocycles. The van der Waals surface area contributed by atoms with Crippen LogP contribution in [0.5, 0.6) is 5.75 Å². The minimum absolute atomic E-state index is 0.000736. The van der Waals surface area contributed by atoms with Crippen LogP contribution in [-0.4, -0.2) is 48.1 Å². The number of carbonyl (C=O) groups excluding carboxylic acids is 2. The summed E-state index contributed by atoms with van der Waals surface area (Å²) >= 11 is 3.83. The van der Waals surface area contributed by atoms with Crippen LogP contribution in [0.3, 0.4) is 0 Å². The average molecular weight is 533 g/mol. The number of carbonyl (C=O) groups is 2. The summed E-state index contributed by atoms with van der Waals surface area (Å²) in [5, 5.41) is 6.00. The Bertz CT molecular complexity index is 657. The van der Waals surface area contributed by atoms with Gasteiger partial charge in [-0.05, 0) is 55.6 Å². The summed E-state index contributed by atoms with van der Waals surface area (Å²) in [4.78, 5) is 25.6. The number of amides is 2. The summed E-state index contributed by atoms with van der Waals surface area (Å²) in [5.74, 6) is 2.45. The molecule has 3 rings (SSSR count). The Kier molecular flexibility index (Phi) is 10.6. The van der Waals surface area contributed by atoms with Gasteiger partial charge in [0.05, 0.1) is 12.6 Å². The number of ether oxygens (including phenoxy) is 1. The number of fused-ring (bicyclic) bond motifs is 16. The maximum absolute atomic E-state index is 12.8. The number of nitrogens with one attached hydrogen (secondary N) is 3. The molecule has 6 nitrogen and oxygen atoms in total. The topological polar surface area (TPSA) is 79.5 Å². The summed E-state index contributed by atoms with van der Waals surface area (Å²) in [5.41, 5.74) is 1.04. The lowest BCUT2D eigenvalue weighted by molar-refractivity contribution is -0.131. The van der Waals surface area contributed by atoms with E-state index in [2.05, 4.69) is 14.2 Å². The fourth-order valence-electron chi connectivity index (χ4n) is 3.06. The first-order valence-corrected chi connectivity index (χ1v) is 12.4. The number of hydrogen-bond donors (Lipinski definition) is 3. The quantitative estimate of drug-likeness (QED) is 0.403. The summed E-state index contributed by atoms with van der Waals surface area (Å²) in [6.45, 7) is 6.60. The fraction of sp³-hybridized carbons (Fsp3) is 0.619. The molecule has 2 heterocycles. The third-order valence-electron chi connectivity index (χ3n) is 4.77. The number of rotatable bonds is 2. The lowest BCUT2D eigenvalue weighted by Gasteiger charge is -2.26. The molecule has 0 aliphatic carbocycles. The normalized spacial score (nSPS) is 25.3. The van der Waals surface area contributed by atoms with Crippen molar-refractivity contribution < 1.29 is 14.3 Å². The minimum Gasteiger partial charge on any atom is -0.494 e. The van der Waals surface area contributed by atoms with Crippen molar-refractivity contribution in [3.05, 3.63) is 29.8 Å². The van der Waals surface area contributed by atoms with Gasteiger partial charge in [0.15, 0.2) is 0 Å². The standard InChI is InChI=1S/C21H32IN3O3S/c1-14(2)19-21(27)23-15(3)13-29-11-5-4-10-28-17-8-6-16(7-9-17)12-18(25-22)20(26)24-19/h6-9,14-15,18-19,25H,4-5,10-13H2,1-3H3,(H,23,27)(H,24,26)/t15-,18+,19+/m1/s1. The fourth-order valence-corrected chi connectivity index (χ4v) is 4.57. The molecule has 29 heavy (non-hydrogen) atoms. The van der Waals surface area contributed by atoms with Gasteiger partial charge in [-0.3, -0.25) is 9.59 Å². The molecule has 3 N–H and O–H groups in total. The van der Waals surface area contributed by atoms with Crippen LogP contribution in [-0.2, 0) is 16.0 Å². The van der Waals surface area contributed by atoms with Crippen molar-refractivity contribution >= 4 is 46.4 Å². The Labute approximate surface area is 192 Å². The third-order valence-corrected chi connectivity index (χ3v) is 6.83. The molecule has 0 fully saturated rings. The SMILES string of the molecule is CC(C)[C@@H]1NC(=O)[C@@H](NI)Cc2ccc(cc2)OCCCCSC[C@@H](C)NC1=O. The van der Waals surface area contributed by atoms with Gasteiger partial charge in [-0.25, -0.2) is 3.53 Å². The summed E-state index contributed by atoms with van der Waals surface area (Å²) in [6.07, 6.45) is 2.62. The molecule has 3 atom stereocenters. The molecule has 1 aromatic carbocycles. The lowest BCUT2D eigenvalue weighted by Crippen LogP contribution is -2.55. The molecule has 1 aromatic rings. The second kappa shape index (κ2) is 12.6. The van der Waals surface area contributed by atoms with Crippen LogP contribution in [0.15, 0.2) is 24.3 Å². The predicted molar refractivity (Wildman–Crippen MR) is 128 cm³/mol. The van der Waals surface area contributed by atoms with Crippen LogP contribution >= 0.6 is 34.6 Å². The van der Waals surface area contributed by atoms with Crippen molar-refractivity contribution in [1.82, 2.24) is 14.2 Å². The highest BCUT2D eigenvalue weighted by Gasteiger charge is 2.28. The van der Waals surface area contributed by atoms with Crippen molar-refractivity contribution in [2.24, 2.45) is 5.92 Å². The Balaban J connectivity index is 2.15. The first-order valence-electron chi connectivity index (χ1n) is 10.2. The van der Waals surface area contributed by atoms with Gasteiger partial charge in [-0.15, -0.1) is 0 Å². The lowest BCUT2D eigenvalue weighted by atomic mass is 10.0. The van der Waals surface area contributed by atoms with E-state index in [0.29, 0.717) is 13.0 Å². The molecule has 0 radical (unpaired) electrons. The van der Waals surface area contributed by atoms with Crippen LogP contribution in [0.4, 0.5) is 0 Å². The number of thioether (sulfide) groups is 1. The minimum atomic E-state index is -0.556. The van der Waals surface area contributed by atoms with Crippen molar-refractivity contribution in [3.63, 3.8) is 0 Å². The monoisotopic (exact) mass is 533 g/mol. The van der Waals surface area contributed by atoms with Crippen LogP contribution in [0, 0.1) is 5.92 Å². The number of halogens is 1. The highest BCUT2D eigenvalue weighted by Crippen LogP contribution is 2.16. The van der Waals surface area contributed by atoms with Gasteiger partial charge in [-0.1, -0.05) is 26.0 Å². The van der Waals surface area contributed by atoms with Gasteiger partial charge in [0.25, 0.3) is 0 Å². The molecule has 0 spiro atoms. The Morgan fingerprint density at radius 2 is 1.86 bits per heavy atom. The summed E-state index contributed by atoms with van der Waals surface area (Å²) in [7, 11) is 0. The van der Waals surface area contributed by atoms with Gasteiger partial charge in [-0.2, -0.15) is 11.8 Å². The molecule has 0 saturated heterocycles. The van der Waals surface area contributed by atoms with E-state index in [-0.39, 0.29) is 23.8 Å². The van der Waals surface area contributed by atoms with E-state index in [1.807, 2.05) is 79.7 Å². The molecule has 2 amide bonds. The highest BCUT2D eigenvalue weighted by atomic mass is 127. The molecular formula is C21H32IN3O3S. The zero-order valence-electron chi connectivity index (χ0n) is 17.4. The predicted octanol–water partition coefficient (Wildman–Crippen LogP) is 3.09. The summed E-state index contributed by atoms with van der Waals surface area (Å²) < 4.78 is 8.86. The number of benzene rings is 1. The van der Waals surface area contributed by atoms with Gasteiger partial charge in [0, 0.05) is 34.7 Å². The van der Waals surface area contributed by atoms with E-state index in [1.54, 1.807) is 0 Å². The molecule has 2 aliphatic rings. The highest BCUT2D eigenvalue weighted by molar-refractivity contribution is 14.1. The van der Waals surface area contributed by atoms with E-state index >= 15 is 0 Å². The smallest absolute Gasteiger partial charge is 0.243 e. The van der Waals surface area contributed by atoms with E-state index < -0.39 is 12.1 Å². The molecule has 0 unspecified atom stereocenters. The maximum Gasteiger partial charge on any atom is 0.243 e. The molecule has 2 aliphatic heterocycles. The third kappa shape index (κ3) is 8.33. The Hall–Kier alpha value is -1.00. The average Bonchev–Trinajstić information content (AvgIpc) is 2.69. The van der Waals surface area contributed by atoms with Crippen LogP contribution in [0.2, 0.25) is 0 Å². The Morgan fingerprint density at radius 1 is 1.14 bits per heavy atom. The van der Waals surface area contributed by atoms with Gasteiger partial charge < -0.3 is 15.4 Å². The molecule has 2 bridgehead atoms. The zero-order chi connectivity index (χ0) is 21.2. The van der Waals surface area contributed by atoms with E-state index in [9.17, 15) is 9.59 Å². The second-order valence-corrected chi connectivity index (χ2v) is 9.55. The van der Waals surface area contributed by atoms with Crippen molar-refractivity contribution in [1.29, 1.82) is 0 Å². The second-order valence-electron chi connectivity index (χ2n) is 7.78. The van der Waals surface area contributed by atoms with E-state index in [1.165, 1.54) is 0 Å².